The maximum absolute atomic E-state index is 4.58. The minimum Gasteiger partial charge on any atom is -0.227 e. The number of isothiocyanates is 1. The molecule has 2 rings (SSSR count). The zero-order valence-corrected chi connectivity index (χ0v) is 9.73. The molecule has 0 unspecified atom stereocenters. The van der Waals surface area contributed by atoms with E-state index in [9.17, 15) is 0 Å². The van der Waals surface area contributed by atoms with E-state index in [4.69, 9.17) is 0 Å². The highest BCUT2D eigenvalue weighted by atomic mass is 32.2. The number of para-hydroxylation sites is 1. The molecule has 0 atom stereocenters. The first kappa shape index (κ1) is 10.3. The Hall–Kier alpha value is -1.22. The van der Waals surface area contributed by atoms with Crippen molar-refractivity contribution < 1.29 is 0 Å². The second kappa shape index (κ2) is 4.53. The predicted octanol–water partition coefficient (Wildman–Crippen LogP) is 3.83. The minimum absolute atomic E-state index is 0.611. The van der Waals surface area contributed by atoms with Crippen LogP contribution in [-0.4, -0.2) is 11.0 Å². The van der Waals surface area contributed by atoms with Crippen LogP contribution in [0.3, 0.4) is 0 Å². The third kappa shape index (κ3) is 2.42. The third-order valence-corrected chi connectivity index (χ3v) is 2.96. The lowest BCUT2D eigenvalue weighted by Gasteiger charge is -2.00. The molecule has 2 nitrogen and oxygen atoms in total. The van der Waals surface area contributed by atoms with Crippen molar-refractivity contribution in [3.63, 3.8) is 0 Å². The number of fused-ring (bicyclic) bond motifs is 1. The normalized spacial score (nSPS) is 14.2. The van der Waals surface area contributed by atoms with Crippen molar-refractivity contribution in [3.05, 3.63) is 35.2 Å². The molecule has 0 radical (unpaired) electrons. The van der Waals surface area contributed by atoms with Gasteiger partial charge in [0, 0.05) is 4.90 Å². The molecule has 0 aliphatic carbocycles. The number of hydrogen-bond donors (Lipinski definition) is 0. The van der Waals surface area contributed by atoms with E-state index in [0.29, 0.717) is 5.84 Å². The number of amidine groups is 1. The van der Waals surface area contributed by atoms with Crippen molar-refractivity contribution >= 4 is 40.7 Å². The number of thiocarbonyl (C=S) groups is 1. The van der Waals surface area contributed by atoms with Crippen molar-refractivity contribution in [2.45, 2.75) is 11.8 Å². The first-order valence-electron chi connectivity index (χ1n) is 4.41. The fourth-order valence-corrected chi connectivity index (χ4v) is 2.25. The molecule has 0 saturated heterocycles. The summed E-state index contributed by atoms with van der Waals surface area (Å²) in [6.07, 6.45) is 1.91. The summed E-state index contributed by atoms with van der Waals surface area (Å²) in [6.45, 7) is 2.03. The van der Waals surface area contributed by atoms with Crippen LogP contribution in [-0.2, 0) is 0 Å². The molecule has 1 aromatic rings. The van der Waals surface area contributed by atoms with Crippen LogP contribution in [0.1, 0.15) is 6.92 Å². The molecule has 1 aliphatic rings. The lowest BCUT2D eigenvalue weighted by molar-refractivity contribution is 1.37. The van der Waals surface area contributed by atoms with E-state index in [0.717, 1.165) is 15.5 Å². The molecule has 0 aromatic heterocycles. The van der Waals surface area contributed by atoms with Gasteiger partial charge in [-0.2, -0.15) is 4.99 Å². The highest BCUT2D eigenvalue weighted by molar-refractivity contribution is 8.03. The van der Waals surface area contributed by atoms with Crippen LogP contribution < -0.4 is 0 Å². The summed E-state index contributed by atoms with van der Waals surface area (Å²) in [6, 6.07) is 7.98. The van der Waals surface area contributed by atoms with E-state index in [1.807, 2.05) is 37.3 Å². The molecule has 0 bridgehead atoms. The highest BCUT2D eigenvalue weighted by Crippen LogP contribution is 2.36. The molecular formula is C11H8N2S2. The lowest BCUT2D eigenvalue weighted by Crippen LogP contribution is -1.85. The Kier molecular flexibility index (Phi) is 3.11. The summed E-state index contributed by atoms with van der Waals surface area (Å²) < 4.78 is 0. The van der Waals surface area contributed by atoms with Crippen molar-refractivity contribution in [1.82, 2.24) is 0 Å². The van der Waals surface area contributed by atoms with Crippen LogP contribution in [0, 0.1) is 0 Å². The number of hydrogen-bond acceptors (Lipinski definition) is 4. The topological polar surface area (TPSA) is 24.7 Å². The van der Waals surface area contributed by atoms with E-state index in [-0.39, 0.29) is 0 Å². The molecule has 1 aromatic carbocycles. The van der Waals surface area contributed by atoms with Gasteiger partial charge in [0.2, 0.25) is 0 Å². The van der Waals surface area contributed by atoms with E-state index < -0.39 is 0 Å². The number of thioether (sulfide) groups is 1. The Morgan fingerprint density at radius 2 is 2.20 bits per heavy atom. The Balaban J connectivity index is 2.56. The summed E-state index contributed by atoms with van der Waals surface area (Å²) in [5.41, 5.74) is 0.930. The van der Waals surface area contributed by atoms with Crippen LogP contribution in [0.15, 0.2) is 50.1 Å². The van der Waals surface area contributed by atoms with Gasteiger partial charge in [-0.25, -0.2) is 4.99 Å². The molecule has 0 amide bonds. The second-order valence-corrected chi connectivity index (χ2v) is 4.47. The number of rotatable bonds is 0. The fraction of sp³-hybridized carbons (Fsp3) is 0.0909. The Morgan fingerprint density at radius 1 is 1.40 bits per heavy atom. The molecule has 0 spiro atoms. The zero-order valence-electron chi connectivity index (χ0n) is 8.10. The standard InChI is InChI=1S/C11H8N2S2/c1-8-6-11(12-7-14)13-9-4-2-3-5-10(9)15-8/h2-6H,1H3. The van der Waals surface area contributed by atoms with Gasteiger partial charge >= 0.3 is 0 Å². The van der Waals surface area contributed by atoms with Crippen molar-refractivity contribution in [2.75, 3.05) is 0 Å². The molecule has 1 heterocycles. The van der Waals surface area contributed by atoms with Crippen LogP contribution in [0.25, 0.3) is 0 Å². The van der Waals surface area contributed by atoms with Gasteiger partial charge in [-0.15, -0.1) is 0 Å². The van der Waals surface area contributed by atoms with Crippen LogP contribution >= 0.6 is 24.0 Å². The Labute approximate surface area is 97.8 Å². The van der Waals surface area contributed by atoms with Crippen LogP contribution in [0.4, 0.5) is 5.69 Å². The minimum atomic E-state index is 0.611. The Morgan fingerprint density at radius 3 is 3.00 bits per heavy atom. The second-order valence-electron chi connectivity index (χ2n) is 3.00. The third-order valence-electron chi connectivity index (χ3n) is 1.86. The SMILES string of the molecule is CC1=CC(N=C=S)=Nc2ccccc2S1. The monoisotopic (exact) mass is 232 g/mol. The number of nitrogens with zero attached hydrogens (tertiary/aromatic N) is 2. The highest BCUT2D eigenvalue weighted by Gasteiger charge is 2.08. The van der Waals surface area contributed by atoms with Gasteiger partial charge in [-0.1, -0.05) is 23.9 Å². The van der Waals surface area contributed by atoms with Gasteiger partial charge in [-0.3, -0.25) is 0 Å². The summed E-state index contributed by atoms with van der Waals surface area (Å²) in [7, 11) is 0. The van der Waals surface area contributed by atoms with Crippen molar-refractivity contribution in [1.29, 1.82) is 0 Å². The van der Waals surface area contributed by atoms with Crippen LogP contribution in [0.2, 0.25) is 0 Å². The number of aliphatic imine (C=N–C) groups is 2. The number of benzene rings is 1. The smallest absolute Gasteiger partial charge is 0.163 e. The van der Waals surface area contributed by atoms with Gasteiger partial charge in [0.15, 0.2) is 5.84 Å². The molecule has 15 heavy (non-hydrogen) atoms. The van der Waals surface area contributed by atoms with Crippen molar-refractivity contribution in [3.8, 4) is 0 Å². The maximum Gasteiger partial charge on any atom is 0.163 e. The largest absolute Gasteiger partial charge is 0.227 e. The first-order valence-corrected chi connectivity index (χ1v) is 5.64. The molecule has 0 saturated carbocycles. The first-order chi connectivity index (χ1) is 7.29. The predicted molar refractivity (Wildman–Crippen MR) is 68.2 cm³/mol. The average molecular weight is 232 g/mol. The van der Waals surface area contributed by atoms with Gasteiger partial charge in [0.1, 0.15) is 0 Å². The quantitative estimate of drug-likeness (QED) is 0.501. The zero-order chi connectivity index (χ0) is 10.7. The molecule has 4 heteroatoms. The van der Waals surface area contributed by atoms with E-state index in [2.05, 4.69) is 27.4 Å². The average Bonchev–Trinajstić information content (AvgIpc) is 2.35. The summed E-state index contributed by atoms with van der Waals surface area (Å²) in [4.78, 5) is 10.6. The summed E-state index contributed by atoms with van der Waals surface area (Å²) in [5.74, 6) is 0.611. The molecule has 0 N–H and O–H groups in total. The fourth-order valence-electron chi connectivity index (χ4n) is 1.28. The molecule has 1 aliphatic heterocycles. The maximum atomic E-state index is 4.58. The Bertz CT molecular complexity index is 497. The number of allylic oxidation sites excluding steroid dienone is 1. The van der Waals surface area contributed by atoms with Gasteiger partial charge in [0.25, 0.3) is 0 Å². The van der Waals surface area contributed by atoms with Crippen molar-refractivity contribution in [2.24, 2.45) is 9.98 Å². The summed E-state index contributed by atoms with van der Waals surface area (Å²) >= 11 is 6.27. The summed E-state index contributed by atoms with van der Waals surface area (Å²) in [5, 5.41) is 2.34. The van der Waals surface area contributed by atoms with Gasteiger partial charge in [-0.05, 0) is 42.3 Å². The van der Waals surface area contributed by atoms with Gasteiger partial charge in [0.05, 0.1) is 10.8 Å². The van der Waals surface area contributed by atoms with E-state index in [1.54, 1.807) is 11.8 Å². The molecular weight excluding hydrogens is 224 g/mol. The molecule has 74 valence electrons. The lowest BCUT2D eigenvalue weighted by atomic mass is 10.3. The van der Waals surface area contributed by atoms with Gasteiger partial charge < -0.3 is 0 Å². The van der Waals surface area contributed by atoms with Crippen LogP contribution in [0.5, 0.6) is 0 Å². The molecule has 0 fully saturated rings. The van der Waals surface area contributed by atoms with E-state index >= 15 is 0 Å². The van der Waals surface area contributed by atoms with E-state index in [1.165, 1.54) is 0 Å².